The summed E-state index contributed by atoms with van der Waals surface area (Å²) in [4.78, 5) is 28.4. The number of amides is 2. The van der Waals surface area contributed by atoms with Crippen LogP contribution in [-0.2, 0) is 16.0 Å². The average Bonchev–Trinajstić information content (AvgIpc) is 2.90. The Morgan fingerprint density at radius 1 is 1.16 bits per heavy atom. The van der Waals surface area contributed by atoms with Crippen LogP contribution in [0.3, 0.4) is 0 Å². The van der Waals surface area contributed by atoms with Gasteiger partial charge < -0.3 is 30.1 Å². The molecule has 0 aliphatic carbocycles. The van der Waals surface area contributed by atoms with E-state index in [1.807, 2.05) is 51.2 Å². The number of rotatable bonds is 7. The number of carbonyl (C=O) groups is 2. The number of carbonyl (C=O) groups excluding carboxylic acids is 2. The van der Waals surface area contributed by atoms with Gasteiger partial charge in [0.05, 0.1) is 36.8 Å². The molecule has 0 spiro atoms. The zero-order chi connectivity index (χ0) is 27.5. The number of likely N-dealkylation sites (N-methyl/N-ethyl adjacent to an activating group) is 1. The third-order valence-corrected chi connectivity index (χ3v) is 6.95. The molecule has 1 aliphatic heterocycles. The lowest BCUT2D eigenvalue weighted by molar-refractivity contribution is -0.115. The van der Waals surface area contributed by atoms with Gasteiger partial charge in [-0.1, -0.05) is 37.3 Å². The Kier molecular flexibility index (Phi) is 11.6. The second kappa shape index (κ2) is 14.9. The van der Waals surface area contributed by atoms with Crippen molar-refractivity contribution in [3.8, 4) is 5.75 Å². The van der Waals surface area contributed by atoms with Crippen molar-refractivity contribution in [1.29, 1.82) is 0 Å². The molecule has 0 aromatic heterocycles. The van der Waals surface area contributed by atoms with Gasteiger partial charge >= 0.3 is 0 Å². The highest BCUT2D eigenvalue weighted by Crippen LogP contribution is 2.28. The molecule has 3 rings (SSSR count). The second-order valence-corrected chi connectivity index (χ2v) is 10.3. The molecule has 2 amide bonds. The van der Waals surface area contributed by atoms with Crippen LogP contribution in [0.25, 0.3) is 0 Å². The molecule has 38 heavy (non-hydrogen) atoms. The topological polar surface area (TPSA) is 100 Å². The smallest absolute Gasteiger partial charge is 0.258 e. The highest BCUT2D eigenvalue weighted by atomic mass is 16.5. The monoisotopic (exact) mass is 525 g/mol. The lowest BCUT2D eigenvalue weighted by Gasteiger charge is -2.34. The Morgan fingerprint density at radius 2 is 1.92 bits per heavy atom. The molecule has 2 aromatic carbocycles. The van der Waals surface area contributed by atoms with Crippen LogP contribution in [0.15, 0.2) is 48.5 Å². The molecule has 0 radical (unpaired) electrons. The van der Waals surface area contributed by atoms with Crippen LogP contribution < -0.4 is 15.4 Å². The van der Waals surface area contributed by atoms with Gasteiger partial charge in [-0.25, -0.2) is 0 Å². The van der Waals surface area contributed by atoms with E-state index >= 15 is 0 Å². The van der Waals surface area contributed by atoms with Crippen molar-refractivity contribution in [2.45, 2.75) is 64.7 Å². The van der Waals surface area contributed by atoms with Gasteiger partial charge in [-0.05, 0) is 63.9 Å². The van der Waals surface area contributed by atoms with Crippen LogP contribution >= 0.6 is 0 Å². The van der Waals surface area contributed by atoms with Crippen LogP contribution in [0, 0.1) is 5.92 Å². The standard InChI is InChI=1S/C30H43N3O5/c1-21-19-33(22(2)20-34)30(36)26-17-25(32-29(35)16-24-11-6-5-7-12-24)13-14-27(26)38-23(3)10-8-9-15-37-28(21)18-31-4/h5-7,11-14,17,21-23,28,31,34H,8-10,15-16,18-20H2,1-4H3,(H,32,35)/t21-,22+,23-,28-/m1/s1. The minimum atomic E-state index is -0.408. The molecule has 1 aliphatic rings. The van der Waals surface area contributed by atoms with Gasteiger partial charge in [0, 0.05) is 31.3 Å². The number of hydrogen-bond acceptors (Lipinski definition) is 6. The van der Waals surface area contributed by atoms with E-state index in [2.05, 4.69) is 17.6 Å². The Bertz CT molecular complexity index is 1030. The van der Waals surface area contributed by atoms with Crippen molar-refractivity contribution in [2.24, 2.45) is 5.92 Å². The molecule has 8 nitrogen and oxygen atoms in total. The lowest BCUT2D eigenvalue weighted by atomic mass is 10.0. The molecule has 8 heteroatoms. The predicted octanol–water partition coefficient (Wildman–Crippen LogP) is 3.88. The SMILES string of the molecule is CNC[C@H]1OCCCC[C@@H](C)Oc2ccc(NC(=O)Cc3ccccc3)cc2C(=O)N([C@@H](C)CO)C[C@H]1C. The Morgan fingerprint density at radius 3 is 2.63 bits per heavy atom. The van der Waals surface area contributed by atoms with Crippen molar-refractivity contribution in [1.82, 2.24) is 10.2 Å². The first-order valence-electron chi connectivity index (χ1n) is 13.6. The molecule has 0 saturated carbocycles. The number of aliphatic hydroxyl groups excluding tert-OH is 1. The van der Waals surface area contributed by atoms with E-state index in [0.717, 1.165) is 24.8 Å². The largest absolute Gasteiger partial charge is 0.490 e. The van der Waals surface area contributed by atoms with E-state index in [1.54, 1.807) is 23.1 Å². The van der Waals surface area contributed by atoms with Gasteiger partial charge in [-0.3, -0.25) is 9.59 Å². The van der Waals surface area contributed by atoms with Crippen LogP contribution in [-0.4, -0.2) is 73.4 Å². The molecule has 3 N–H and O–H groups in total. The van der Waals surface area contributed by atoms with Crippen molar-refractivity contribution in [3.05, 3.63) is 59.7 Å². The normalized spacial score (nSPS) is 22.1. The summed E-state index contributed by atoms with van der Waals surface area (Å²) in [5.41, 5.74) is 1.80. The molecule has 0 saturated heterocycles. The summed E-state index contributed by atoms with van der Waals surface area (Å²) >= 11 is 0. The van der Waals surface area contributed by atoms with Gasteiger partial charge in [0.25, 0.3) is 5.91 Å². The first-order valence-corrected chi connectivity index (χ1v) is 13.6. The summed E-state index contributed by atoms with van der Waals surface area (Å²) in [7, 11) is 1.89. The summed E-state index contributed by atoms with van der Waals surface area (Å²) in [5, 5.41) is 16.1. The zero-order valence-electron chi connectivity index (χ0n) is 23.1. The second-order valence-electron chi connectivity index (χ2n) is 10.3. The van der Waals surface area contributed by atoms with Crippen LogP contribution in [0.1, 0.15) is 56.0 Å². The number of aliphatic hydroxyl groups is 1. The molecular weight excluding hydrogens is 482 g/mol. The average molecular weight is 526 g/mol. The fraction of sp³-hybridized carbons (Fsp3) is 0.533. The minimum absolute atomic E-state index is 0.0281. The first-order chi connectivity index (χ1) is 18.3. The molecule has 0 bridgehead atoms. The van der Waals surface area contributed by atoms with Gasteiger partial charge in [-0.15, -0.1) is 0 Å². The minimum Gasteiger partial charge on any atom is -0.490 e. The number of ether oxygens (including phenoxy) is 2. The Balaban J connectivity index is 1.93. The van der Waals surface area contributed by atoms with Gasteiger partial charge in [-0.2, -0.15) is 0 Å². The van der Waals surface area contributed by atoms with E-state index in [-0.39, 0.29) is 43.0 Å². The fourth-order valence-corrected chi connectivity index (χ4v) is 4.68. The van der Waals surface area contributed by atoms with Crippen molar-refractivity contribution < 1.29 is 24.2 Å². The molecule has 0 fully saturated rings. The van der Waals surface area contributed by atoms with Crippen molar-refractivity contribution in [3.63, 3.8) is 0 Å². The van der Waals surface area contributed by atoms with Crippen LogP contribution in [0.4, 0.5) is 5.69 Å². The van der Waals surface area contributed by atoms with Crippen molar-refractivity contribution in [2.75, 3.05) is 38.7 Å². The Labute approximate surface area is 226 Å². The molecule has 1 heterocycles. The Hall–Kier alpha value is -2.94. The van der Waals surface area contributed by atoms with Crippen LogP contribution in [0.2, 0.25) is 0 Å². The van der Waals surface area contributed by atoms with Crippen molar-refractivity contribution >= 4 is 17.5 Å². The zero-order valence-corrected chi connectivity index (χ0v) is 23.1. The van der Waals surface area contributed by atoms with Crippen LogP contribution in [0.5, 0.6) is 5.75 Å². The maximum Gasteiger partial charge on any atom is 0.258 e. The maximum absolute atomic E-state index is 14.0. The predicted molar refractivity (Wildman–Crippen MR) is 150 cm³/mol. The highest BCUT2D eigenvalue weighted by molar-refractivity contribution is 6.00. The maximum atomic E-state index is 14.0. The molecule has 208 valence electrons. The van der Waals surface area contributed by atoms with Gasteiger partial charge in [0.2, 0.25) is 5.91 Å². The van der Waals surface area contributed by atoms with Gasteiger partial charge in [0.1, 0.15) is 5.75 Å². The van der Waals surface area contributed by atoms with E-state index in [0.29, 0.717) is 36.7 Å². The van der Waals surface area contributed by atoms with E-state index in [1.165, 1.54) is 0 Å². The third kappa shape index (κ3) is 8.55. The number of nitrogens with zero attached hydrogens (tertiary/aromatic N) is 1. The molecular formula is C30H43N3O5. The molecule has 4 atom stereocenters. The summed E-state index contributed by atoms with van der Waals surface area (Å²) in [6, 6.07) is 14.3. The number of fused-ring (bicyclic) bond motifs is 1. The quantitative estimate of drug-likeness (QED) is 0.507. The summed E-state index contributed by atoms with van der Waals surface area (Å²) in [6.07, 6.45) is 2.77. The number of nitrogens with one attached hydrogen (secondary N) is 2. The summed E-state index contributed by atoms with van der Waals surface area (Å²) in [6.45, 7) is 7.45. The summed E-state index contributed by atoms with van der Waals surface area (Å²) in [5.74, 6) is 0.0897. The number of benzene rings is 2. The lowest BCUT2D eigenvalue weighted by Crippen LogP contribution is -2.47. The van der Waals surface area contributed by atoms with E-state index in [9.17, 15) is 14.7 Å². The van der Waals surface area contributed by atoms with E-state index < -0.39 is 6.04 Å². The highest BCUT2D eigenvalue weighted by Gasteiger charge is 2.29. The molecule has 0 unspecified atom stereocenters. The third-order valence-electron chi connectivity index (χ3n) is 6.95. The summed E-state index contributed by atoms with van der Waals surface area (Å²) < 4.78 is 12.4. The fourth-order valence-electron chi connectivity index (χ4n) is 4.68. The number of anilines is 1. The number of hydrogen-bond donors (Lipinski definition) is 3. The first kappa shape index (κ1) is 29.6. The van der Waals surface area contributed by atoms with E-state index in [4.69, 9.17) is 9.47 Å². The van der Waals surface area contributed by atoms with Gasteiger partial charge in [0.15, 0.2) is 0 Å². The molecule has 2 aromatic rings.